The van der Waals surface area contributed by atoms with E-state index in [9.17, 15) is 8.42 Å². The molecule has 0 spiro atoms. The first kappa shape index (κ1) is 12.3. The van der Waals surface area contributed by atoms with Crippen LogP contribution in [0, 0.1) is 5.92 Å². The smallest absolute Gasteiger partial charge is 0.244 e. The third kappa shape index (κ3) is 2.56. The molecule has 6 nitrogen and oxygen atoms in total. The van der Waals surface area contributed by atoms with E-state index in [1.165, 1.54) is 18.5 Å². The molecule has 0 bridgehead atoms. The number of rotatable bonds is 5. The van der Waals surface area contributed by atoms with Gasteiger partial charge in [-0.15, -0.1) is 0 Å². The van der Waals surface area contributed by atoms with Gasteiger partial charge in [0.25, 0.3) is 0 Å². The first-order valence-electron chi connectivity index (χ1n) is 5.51. The van der Waals surface area contributed by atoms with E-state index in [1.807, 2.05) is 0 Å². The van der Waals surface area contributed by atoms with Gasteiger partial charge in [-0.05, 0) is 18.4 Å². The molecule has 1 aliphatic carbocycles. The van der Waals surface area contributed by atoms with E-state index in [0.29, 0.717) is 11.6 Å². The summed E-state index contributed by atoms with van der Waals surface area (Å²) in [7, 11) is -3.54. The number of aromatic nitrogens is 1. The predicted molar refractivity (Wildman–Crippen MR) is 64.6 cm³/mol. The van der Waals surface area contributed by atoms with Gasteiger partial charge in [0.05, 0.1) is 5.69 Å². The van der Waals surface area contributed by atoms with E-state index in [4.69, 9.17) is 5.84 Å². The maximum Gasteiger partial charge on any atom is 0.244 e. The van der Waals surface area contributed by atoms with Crippen LogP contribution in [0.4, 0.5) is 5.69 Å². The Morgan fingerprint density at radius 1 is 1.59 bits per heavy atom. The maximum absolute atomic E-state index is 12.1. The quantitative estimate of drug-likeness (QED) is 0.525. The average molecular weight is 256 g/mol. The Bertz CT molecular complexity index is 503. The standard InChI is InChI=1S/C10H16N4O2S/c1-2-7-5-9(7)14-17(15,16)10-6-12-4-3-8(10)13-11/h3-4,6-7,9,14H,2,5,11H2,1H3,(H,12,13). The number of hydrogen-bond donors (Lipinski definition) is 3. The van der Waals surface area contributed by atoms with Crippen molar-refractivity contribution in [1.29, 1.82) is 0 Å². The van der Waals surface area contributed by atoms with Crippen LogP contribution in [0.2, 0.25) is 0 Å². The zero-order valence-corrected chi connectivity index (χ0v) is 10.4. The molecule has 2 rings (SSSR count). The molecule has 0 saturated heterocycles. The zero-order chi connectivity index (χ0) is 12.5. The van der Waals surface area contributed by atoms with Crippen molar-refractivity contribution in [3.63, 3.8) is 0 Å². The molecule has 1 aromatic rings. The highest BCUT2D eigenvalue weighted by atomic mass is 32.2. The lowest BCUT2D eigenvalue weighted by molar-refractivity contribution is 0.576. The Kier molecular flexibility index (Phi) is 3.32. The Morgan fingerprint density at radius 2 is 2.35 bits per heavy atom. The second kappa shape index (κ2) is 4.59. The summed E-state index contributed by atoms with van der Waals surface area (Å²) >= 11 is 0. The minimum Gasteiger partial charge on any atom is -0.323 e. The van der Waals surface area contributed by atoms with Gasteiger partial charge in [-0.1, -0.05) is 13.3 Å². The summed E-state index contributed by atoms with van der Waals surface area (Å²) in [6.07, 6.45) is 4.67. The fourth-order valence-electron chi connectivity index (χ4n) is 1.82. The van der Waals surface area contributed by atoms with E-state index in [2.05, 4.69) is 22.1 Å². The summed E-state index contributed by atoms with van der Waals surface area (Å²) in [4.78, 5) is 3.90. The zero-order valence-electron chi connectivity index (χ0n) is 9.55. The van der Waals surface area contributed by atoms with Gasteiger partial charge in [-0.2, -0.15) is 0 Å². The van der Waals surface area contributed by atoms with Crippen molar-refractivity contribution >= 4 is 15.7 Å². The number of nitrogen functional groups attached to an aromatic ring is 1. The molecule has 17 heavy (non-hydrogen) atoms. The molecule has 7 heteroatoms. The fraction of sp³-hybridized carbons (Fsp3) is 0.500. The summed E-state index contributed by atoms with van der Waals surface area (Å²) in [5, 5.41) is 0. The predicted octanol–water partition coefficient (Wildman–Crippen LogP) is 0.444. The fourth-order valence-corrected chi connectivity index (χ4v) is 3.25. The molecule has 0 radical (unpaired) electrons. The minimum absolute atomic E-state index is 0.0517. The minimum atomic E-state index is -3.54. The summed E-state index contributed by atoms with van der Waals surface area (Å²) < 4.78 is 26.8. The van der Waals surface area contributed by atoms with E-state index < -0.39 is 10.0 Å². The molecule has 1 aliphatic rings. The van der Waals surface area contributed by atoms with Gasteiger partial charge in [0, 0.05) is 18.4 Å². The summed E-state index contributed by atoms with van der Waals surface area (Å²) in [5.41, 5.74) is 2.71. The number of anilines is 1. The number of pyridine rings is 1. The Morgan fingerprint density at radius 3 is 2.94 bits per heavy atom. The second-order valence-corrected chi connectivity index (χ2v) is 5.83. The monoisotopic (exact) mass is 256 g/mol. The summed E-state index contributed by atoms with van der Waals surface area (Å²) in [6, 6.07) is 1.58. The molecule has 4 N–H and O–H groups in total. The molecule has 0 aromatic carbocycles. The van der Waals surface area contributed by atoms with Gasteiger partial charge in [-0.25, -0.2) is 13.1 Å². The molecular weight excluding hydrogens is 240 g/mol. The van der Waals surface area contributed by atoms with Crippen molar-refractivity contribution in [3.8, 4) is 0 Å². The second-order valence-electron chi connectivity index (χ2n) is 4.15. The van der Waals surface area contributed by atoms with Crippen LogP contribution in [-0.4, -0.2) is 19.4 Å². The highest BCUT2D eigenvalue weighted by molar-refractivity contribution is 7.89. The normalized spacial score (nSPS) is 23.4. The highest BCUT2D eigenvalue weighted by Gasteiger charge is 2.39. The van der Waals surface area contributed by atoms with Crippen LogP contribution >= 0.6 is 0 Å². The van der Waals surface area contributed by atoms with Gasteiger partial charge in [-0.3, -0.25) is 10.8 Å². The van der Waals surface area contributed by atoms with Crippen LogP contribution in [0.1, 0.15) is 19.8 Å². The molecule has 1 heterocycles. The lowest BCUT2D eigenvalue weighted by Gasteiger charge is -2.09. The van der Waals surface area contributed by atoms with Gasteiger partial charge < -0.3 is 5.43 Å². The summed E-state index contributed by atoms with van der Waals surface area (Å²) in [5.74, 6) is 5.73. The molecule has 0 aliphatic heterocycles. The van der Waals surface area contributed by atoms with E-state index in [0.717, 1.165) is 12.8 Å². The van der Waals surface area contributed by atoms with Crippen LogP contribution in [-0.2, 0) is 10.0 Å². The molecule has 1 aromatic heterocycles. The Labute approximate surface area is 101 Å². The largest absolute Gasteiger partial charge is 0.323 e. The van der Waals surface area contributed by atoms with Crippen LogP contribution < -0.4 is 16.0 Å². The first-order chi connectivity index (χ1) is 8.08. The average Bonchev–Trinajstić information content (AvgIpc) is 3.06. The van der Waals surface area contributed by atoms with Crippen molar-refractivity contribution in [3.05, 3.63) is 18.5 Å². The maximum atomic E-state index is 12.1. The number of nitrogens with one attached hydrogen (secondary N) is 2. The number of hydrogen-bond acceptors (Lipinski definition) is 5. The third-order valence-electron chi connectivity index (χ3n) is 2.98. The number of nitrogens with two attached hydrogens (primary N) is 1. The Balaban J connectivity index is 2.20. The van der Waals surface area contributed by atoms with Crippen molar-refractivity contribution < 1.29 is 8.42 Å². The van der Waals surface area contributed by atoms with Crippen molar-refractivity contribution in [2.75, 3.05) is 5.43 Å². The number of hydrazine groups is 1. The molecular formula is C10H16N4O2S. The molecule has 1 fully saturated rings. The van der Waals surface area contributed by atoms with Gasteiger partial charge >= 0.3 is 0 Å². The lowest BCUT2D eigenvalue weighted by atomic mass is 10.3. The lowest BCUT2D eigenvalue weighted by Crippen LogP contribution is -2.28. The third-order valence-corrected chi connectivity index (χ3v) is 4.50. The van der Waals surface area contributed by atoms with Gasteiger partial charge in [0.2, 0.25) is 10.0 Å². The Hall–Kier alpha value is -1.18. The van der Waals surface area contributed by atoms with Gasteiger partial charge in [0.15, 0.2) is 0 Å². The van der Waals surface area contributed by atoms with Crippen LogP contribution in [0.25, 0.3) is 0 Å². The van der Waals surface area contributed by atoms with Crippen molar-refractivity contribution in [1.82, 2.24) is 9.71 Å². The van der Waals surface area contributed by atoms with E-state index in [1.54, 1.807) is 0 Å². The first-order valence-corrected chi connectivity index (χ1v) is 6.99. The van der Waals surface area contributed by atoms with Crippen LogP contribution in [0.15, 0.2) is 23.4 Å². The molecule has 94 valence electrons. The summed E-state index contributed by atoms with van der Waals surface area (Å²) in [6.45, 7) is 2.05. The number of nitrogens with zero attached hydrogens (tertiary/aromatic N) is 1. The van der Waals surface area contributed by atoms with Crippen LogP contribution in [0.5, 0.6) is 0 Å². The highest BCUT2D eigenvalue weighted by Crippen LogP contribution is 2.34. The number of sulfonamides is 1. The molecule has 2 atom stereocenters. The van der Waals surface area contributed by atoms with Crippen LogP contribution in [0.3, 0.4) is 0 Å². The SMILES string of the molecule is CCC1CC1NS(=O)(=O)c1cnccc1NN. The topological polar surface area (TPSA) is 97.1 Å². The van der Waals surface area contributed by atoms with E-state index in [-0.39, 0.29) is 10.9 Å². The molecule has 2 unspecified atom stereocenters. The van der Waals surface area contributed by atoms with E-state index >= 15 is 0 Å². The molecule has 1 saturated carbocycles. The van der Waals surface area contributed by atoms with Crippen molar-refractivity contribution in [2.45, 2.75) is 30.7 Å². The van der Waals surface area contributed by atoms with Gasteiger partial charge in [0.1, 0.15) is 4.90 Å². The van der Waals surface area contributed by atoms with Crippen molar-refractivity contribution in [2.24, 2.45) is 11.8 Å². The molecule has 0 amide bonds.